The summed E-state index contributed by atoms with van der Waals surface area (Å²) < 4.78 is 40.5. The van der Waals surface area contributed by atoms with E-state index in [0.29, 0.717) is 11.1 Å². The molecule has 0 aliphatic carbocycles. The van der Waals surface area contributed by atoms with Crippen molar-refractivity contribution in [1.29, 1.82) is 0 Å². The second-order valence-corrected chi connectivity index (χ2v) is 8.18. The Hall–Kier alpha value is -3.76. The minimum atomic E-state index is -3.74. The summed E-state index contributed by atoms with van der Waals surface area (Å²) >= 11 is 0. The Balaban J connectivity index is 1.48. The van der Waals surface area contributed by atoms with Crippen LogP contribution in [0.25, 0.3) is 0 Å². The van der Waals surface area contributed by atoms with E-state index in [9.17, 15) is 23.2 Å². The number of hydrogen-bond acceptors (Lipinski definition) is 8. The van der Waals surface area contributed by atoms with E-state index in [1.165, 1.54) is 18.3 Å². The molecule has 2 aliphatic rings. The highest BCUT2D eigenvalue weighted by Crippen LogP contribution is 2.43. The van der Waals surface area contributed by atoms with Crippen LogP contribution in [0.3, 0.4) is 0 Å². The van der Waals surface area contributed by atoms with Crippen molar-refractivity contribution in [1.82, 2.24) is 9.88 Å². The molecule has 1 aromatic heterocycles. The van der Waals surface area contributed by atoms with Gasteiger partial charge in [-0.2, -0.15) is 0 Å². The highest BCUT2D eigenvalue weighted by atomic mass is 19.3. The first-order valence-corrected chi connectivity index (χ1v) is 10.7. The Kier molecular flexibility index (Phi) is 6.11. The third-order valence-corrected chi connectivity index (χ3v) is 5.79. The average Bonchev–Trinajstić information content (AvgIpc) is 3.08. The standard InChI is InChI=1S/C23H23F2N3O6/c1-3-32-22(31)20-15(9-13-6-7-27-18(26)10-13)21(30)28(20)19(29)8-12(2)14-4-5-16-17(11-14)34-23(24,25)33-16/h4-7,10-12,15,20H,3,8-9H2,1-2H3,(H2,26,27)/t12-,15+,20-/m0/s1. The zero-order valence-corrected chi connectivity index (χ0v) is 18.5. The number of nitrogens with two attached hydrogens (primary N) is 1. The van der Waals surface area contributed by atoms with Gasteiger partial charge in [0.25, 0.3) is 0 Å². The SMILES string of the molecule is CCOC(=O)[C@@H]1[C@@H](Cc2ccnc(N)c2)C(=O)N1C(=O)C[C@H](C)c1ccc2c(c1)OC(F)(F)O2. The van der Waals surface area contributed by atoms with Crippen molar-refractivity contribution in [2.24, 2.45) is 5.92 Å². The molecule has 2 N–H and O–H groups in total. The smallest absolute Gasteiger partial charge is 0.464 e. The predicted octanol–water partition coefficient (Wildman–Crippen LogP) is 2.64. The number of alkyl halides is 2. The van der Waals surface area contributed by atoms with Crippen LogP contribution in [0, 0.1) is 5.92 Å². The number of halogens is 2. The highest BCUT2D eigenvalue weighted by molar-refractivity contribution is 6.08. The number of amides is 2. The number of nitrogens with zero attached hydrogens (tertiary/aromatic N) is 2. The van der Waals surface area contributed by atoms with E-state index < -0.39 is 42.0 Å². The molecule has 1 saturated heterocycles. The van der Waals surface area contributed by atoms with E-state index >= 15 is 0 Å². The topological polar surface area (TPSA) is 121 Å². The number of anilines is 1. The van der Waals surface area contributed by atoms with Crippen molar-refractivity contribution >= 4 is 23.6 Å². The summed E-state index contributed by atoms with van der Waals surface area (Å²) in [7, 11) is 0. The van der Waals surface area contributed by atoms with E-state index in [1.807, 2.05) is 0 Å². The van der Waals surface area contributed by atoms with Crippen LogP contribution in [0.15, 0.2) is 36.5 Å². The number of fused-ring (bicyclic) bond motifs is 1. The number of nitrogen functional groups attached to an aromatic ring is 1. The van der Waals surface area contributed by atoms with Crippen LogP contribution in [0.4, 0.5) is 14.6 Å². The molecule has 4 rings (SSSR count). The van der Waals surface area contributed by atoms with Gasteiger partial charge in [0.1, 0.15) is 11.9 Å². The second-order valence-electron chi connectivity index (χ2n) is 8.18. The third-order valence-electron chi connectivity index (χ3n) is 5.79. The molecule has 3 heterocycles. The number of imide groups is 1. The van der Waals surface area contributed by atoms with Gasteiger partial charge in [0.2, 0.25) is 11.8 Å². The summed E-state index contributed by atoms with van der Waals surface area (Å²) in [5.41, 5.74) is 6.94. The number of pyridine rings is 1. The Bertz CT molecular complexity index is 1140. The lowest BCUT2D eigenvalue weighted by Crippen LogP contribution is -2.67. The second kappa shape index (κ2) is 8.88. The molecule has 3 atom stereocenters. The fraction of sp³-hybridized carbons (Fsp3) is 0.391. The number of rotatable bonds is 7. The zero-order valence-electron chi connectivity index (χ0n) is 18.5. The van der Waals surface area contributed by atoms with Gasteiger partial charge in [-0.25, -0.2) is 9.78 Å². The summed E-state index contributed by atoms with van der Waals surface area (Å²) in [5, 5.41) is 0. The largest absolute Gasteiger partial charge is 0.586 e. The molecular formula is C23H23F2N3O6. The number of aromatic nitrogens is 1. The molecule has 34 heavy (non-hydrogen) atoms. The van der Waals surface area contributed by atoms with Crippen LogP contribution >= 0.6 is 0 Å². The summed E-state index contributed by atoms with van der Waals surface area (Å²) in [6.45, 7) is 3.43. The van der Waals surface area contributed by atoms with E-state index in [-0.39, 0.29) is 36.8 Å². The first kappa shape index (κ1) is 23.4. The molecule has 0 bridgehead atoms. The molecular weight excluding hydrogens is 452 g/mol. The molecule has 0 unspecified atom stereocenters. The van der Waals surface area contributed by atoms with Gasteiger partial charge in [-0.1, -0.05) is 13.0 Å². The molecule has 0 radical (unpaired) electrons. The van der Waals surface area contributed by atoms with Crippen LogP contribution in [0.2, 0.25) is 0 Å². The first-order chi connectivity index (χ1) is 16.1. The predicted molar refractivity (Wildman–Crippen MR) is 114 cm³/mol. The maximum atomic E-state index is 13.3. The lowest BCUT2D eigenvalue weighted by molar-refractivity contribution is -0.286. The third kappa shape index (κ3) is 4.50. The van der Waals surface area contributed by atoms with Crippen molar-refractivity contribution in [3.8, 4) is 11.5 Å². The summed E-state index contributed by atoms with van der Waals surface area (Å²) in [5.74, 6) is -2.91. The maximum absolute atomic E-state index is 13.3. The quantitative estimate of drug-likeness (QED) is 0.479. The van der Waals surface area contributed by atoms with Gasteiger partial charge in [-0.3, -0.25) is 14.5 Å². The molecule has 1 aromatic carbocycles. The van der Waals surface area contributed by atoms with E-state index in [4.69, 9.17) is 10.5 Å². The van der Waals surface area contributed by atoms with Gasteiger partial charge in [-0.15, -0.1) is 8.78 Å². The number of likely N-dealkylation sites (tertiary alicyclic amines) is 1. The molecule has 2 aromatic rings. The highest BCUT2D eigenvalue weighted by Gasteiger charge is 2.55. The number of carbonyl (C=O) groups is 3. The van der Waals surface area contributed by atoms with Crippen molar-refractivity contribution < 1.29 is 37.4 Å². The monoisotopic (exact) mass is 475 g/mol. The molecule has 11 heteroatoms. The summed E-state index contributed by atoms with van der Waals surface area (Å²) in [4.78, 5) is 43.3. The number of carbonyl (C=O) groups excluding carboxylic acids is 3. The van der Waals surface area contributed by atoms with Crippen LogP contribution in [0.5, 0.6) is 11.5 Å². The molecule has 9 nitrogen and oxygen atoms in total. The van der Waals surface area contributed by atoms with Crippen molar-refractivity contribution in [3.63, 3.8) is 0 Å². The van der Waals surface area contributed by atoms with Gasteiger partial charge in [0.05, 0.1) is 12.5 Å². The normalized spacial score (nSPS) is 21.1. The van der Waals surface area contributed by atoms with Gasteiger partial charge in [0, 0.05) is 12.6 Å². The molecule has 2 amide bonds. The first-order valence-electron chi connectivity index (χ1n) is 10.7. The molecule has 0 saturated carbocycles. The van der Waals surface area contributed by atoms with Crippen LogP contribution in [-0.2, 0) is 25.5 Å². The lowest BCUT2D eigenvalue weighted by atomic mass is 9.81. The minimum Gasteiger partial charge on any atom is -0.464 e. The maximum Gasteiger partial charge on any atom is 0.586 e. The fourth-order valence-electron chi connectivity index (χ4n) is 4.15. The van der Waals surface area contributed by atoms with E-state index in [1.54, 1.807) is 32.0 Å². The number of esters is 1. The van der Waals surface area contributed by atoms with Crippen LogP contribution < -0.4 is 15.2 Å². The molecule has 2 aliphatic heterocycles. The van der Waals surface area contributed by atoms with Crippen molar-refractivity contribution in [2.45, 2.75) is 44.9 Å². The van der Waals surface area contributed by atoms with Gasteiger partial charge in [0.15, 0.2) is 11.5 Å². The molecule has 0 spiro atoms. The van der Waals surface area contributed by atoms with E-state index in [0.717, 1.165) is 4.90 Å². The summed E-state index contributed by atoms with van der Waals surface area (Å²) in [6, 6.07) is 6.47. The number of benzene rings is 1. The van der Waals surface area contributed by atoms with Gasteiger partial charge < -0.3 is 19.9 Å². The Labute approximate surface area is 193 Å². The Morgan fingerprint density at radius 1 is 1.24 bits per heavy atom. The van der Waals surface area contributed by atoms with Gasteiger partial charge >= 0.3 is 12.3 Å². The minimum absolute atomic E-state index is 0.0959. The Morgan fingerprint density at radius 2 is 1.97 bits per heavy atom. The van der Waals surface area contributed by atoms with E-state index in [2.05, 4.69) is 14.5 Å². The van der Waals surface area contributed by atoms with Crippen molar-refractivity contribution in [3.05, 3.63) is 47.7 Å². The lowest BCUT2D eigenvalue weighted by Gasteiger charge is -2.44. The van der Waals surface area contributed by atoms with Crippen molar-refractivity contribution in [2.75, 3.05) is 12.3 Å². The number of hydrogen-bond donors (Lipinski definition) is 1. The Morgan fingerprint density at radius 3 is 2.68 bits per heavy atom. The molecule has 1 fully saturated rings. The number of ether oxygens (including phenoxy) is 3. The fourth-order valence-corrected chi connectivity index (χ4v) is 4.15. The van der Waals surface area contributed by atoms with Crippen LogP contribution in [-0.4, -0.2) is 46.6 Å². The van der Waals surface area contributed by atoms with Gasteiger partial charge in [-0.05, 0) is 54.7 Å². The average molecular weight is 475 g/mol. The summed E-state index contributed by atoms with van der Waals surface area (Å²) in [6.07, 6.45) is -2.18. The van der Waals surface area contributed by atoms with Crippen LogP contribution in [0.1, 0.15) is 37.3 Å². The molecule has 180 valence electrons. The number of β-lactam (4-membered cyclic amide) rings is 1. The zero-order chi connectivity index (χ0) is 24.6.